The zero-order chi connectivity index (χ0) is 16.0. The summed E-state index contributed by atoms with van der Waals surface area (Å²) in [7, 11) is 2.85. The molecule has 1 aromatic carbocycles. The third kappa shape index (κ3) is 4.44. The zero-order valence-electron chi connectivity index (χ0n) is 11.9. The number of nitrogens with zero attached hydrogens (tertiary/aromatic N) is 2. The van der Waals surface area contributed by atoms with Gasteiger partial charge < -0.3 is 15.4 Å². The molecule has 0 heterocycles. The third-order valence-electron chi connectivity index (χ3n) is 2.92. The molecule has 0 saturated heterocycles. The minimum atomic E-state index is -0.636. The Balaban J connectivity index is 2.72. The Morgan fingerprint density at radius 1 is 1.43 bits per heavy atom. The van der Waals surface area contributed by atoms with Crippen LogP contribution in [0.3, 0.4) is 0 Å². The lowest BCUT2D eigenvalue weighted by molar-refractivity contribution is -0.383. The normalized spacial score (nSPS) is 10.0. The summed E-state index contributed by atoms with van der Waals surface area (Å²) in [5, 5.41) is 10.8. The number of methoxy groups -OCH3 is 1. The van der Waals surface area contributed by atoms with Gasteiger partial charge in [-0.05, 0) is 18.6 Å². The fraction of sp³-hybridized carbons (Fsp3) is 0.385. The van der Waals surface area contributed by atoms with E-state index >= 15 is 0 Å². The number of nitro benzene ring substituents is 1. The van der Waals surface area contributed by atoms with Crippen molar-refractivity contribution in [1.82, 2.24) is 4.90 Å². The van der Waals surface area contributed by atoms with Gasteiger partial charge in [0.25, 0.3) is 11.6 Å². The van der Waals surface area contributed by atoms with Crippen LogP contribution in [-0.4, -0.2) is 42.4 Å². The summed E-state index contributed by atoms with van der Waals surface area (Å²) < 4.78 is 4.50. The summed E-state index contributed by atoms with van der Waals surface area (Å²) in [4.78, 5) is 34.6. The molecule has 1 rings (SSSR count). The summed E-state index contributed by atoms with van der Waals surface area (Å²) in [6.45, 7) is 0.339. The van der Waals surface area contributed by atoms with E-state index in [9.17, 15) is 19.7 Å². The van der Waals surface area contributed by atoms with Crippen molar-refractivity contribution in [2.45, 2.75) is 12.8 Å². The molecule has 0 atom stereocenters. The van der Waals surface area contributed by atoms with Crippen molar-refractivity contribution in [2.75, 3.05) is 26.4 Å². The molecule has 0 saturated carbocycles. The van der Waals surface area contributed by atoms with Gasteiger partial charge in [0.15, 0.2) is 0 Å². The molecule has 0 aromatic heterocycles. The average molecular weight is 295 g/mol. The number of rotatable bonds is 6. The quantitative estimate of drug-likeness (QED) is 0.365. The minimum Gasteiger partial charge on any atom is -0.469 e. The Morgan fingerprint density at radius 3 is 2.67 bits per heavy atom. The molecule has 0 aliphatic carbocycles. The summed E-state index contributed by atoms with van der Waals surface area (Å²) in [5.41, 5.74) is 5.36. The molecule has 114 valence electrons. The maximum Gasteiger partial charge on any atom is 0.305 e. The van der Waals surface area contributed by atoms with Gasteiger partial charge in [0.05, 0.1) is 12.0 Å². The Hall–Kier alpha value is -2.64. The van der Waals surface area contributed by atoms with Crippen molar-refractivity contribution in [1.29, 1.82) is 0 Å². The van der Waals surface area contributed by atoms with Crippen molar-refractivity contribution >= 4 is 23.3 Å². The highest BCUT2D eigenvalue weighted by atomic mass is 16.6. The van der Waals surface area contributed by atoms with Crippen LogP contribution in [0, 0.1) is 10.1 Å². The van der Waals surface area contributed by atoms with Crippen molar-refractivity contribution in [3.63, 3.8) is 0 Å². The molecule has 0 aliphatic heterocycles. The first-order chi connectivity index (χ1) is 9.86. The number of carbonyl (C=O) groups excluding carboxylic acids is 2. The number of hydrogen-bond acceptors (Lipinski definition) is 6. The van der Waals surface area contributed by atoms with Gasteiger partial charge in [-0.15, -0.1) is 0 Å². The van der Waals surface area contributed by atoms with E-state index in [1.807, 2.05) is 0 Å². The Morgan fingerprint density at radius 2 is 2.10 bits per heavy atom. The summed E-state index contributed by atoms with van der Waals surface area (Å²) >= 11 is 0. The molecule has 2 N–H and O–H groups in total. The molecular formula is C13H17N3O5. The van der Waals surface area contributed by atoms with Crippen LogP contribution in [0.1, 0.15) is 23.2 Å². The second-order valence-electron chi connectivity index (χ2n) is 4.44. The van der Waals surface area contributed by atoms with E-state index in [1.54, 1.807) is 7.05 Å². The zero-order valence-corrected chi connectivity index (χ0v) is 11.9. The number of hydrogen-bond donors (Lipinski definition) is 1. The maximum absolute atomic E-state index is 12.1. The molecular weight excluding hydrogens is 278 g/mol. The first-order valence-electron chi connectivity index (χ1n) is 6.23. The summed E-state index contributed by atoms with van der Waals surface area (Å²) in [6, 6.07) is 3.91. The molecule has 1 aromatic rings. The van der Waals surface area contributed by atoms with E-state index in [2.05, 4.69) is 4.74 Å². The number of ether oxygens (including phenoxy) is 1. The molecule has 0 bridgehead atoms. The van der Waals surface area contributed by atoms with Gasteiger partial charge in [0.2, 0.25) is 0 Å². The number of nitrogens with two attached hydrogens (primary N) is 1. The number of amides is 1. The monoisotopic (exact) mass is 295 g/mol. The molecule has 21 heavy (non-hydrogen) atoms. The Labute approximate surface area is 121 Å². The predicted octanol–water partition coefficient (Wildman–Crippen LogP) is 1.20. The van der Waals surface area contributed by atoms with Crippen LogP contribution < -0.4 is 5.73 Å². The molecule has 1 amide bonds. The van der Waals surface area contributed by atoms with Crippen LogP contribution >= 0.6 is 0 Å². The molecule has 8 heteroatoms. The van der Waals surface area contributed by atoms with E-state index in [0.29, 0.717) is 13.0 Å². The van der Waals surface area contributed by atoms with Crippen molar-refractivity contribution < 1.29 is 19.2 Å². The SMILES string of the molecule is COC(=O)CCCN(C)C(=O)c1ccc(N)c([N+](=O)[O-])c1. The van der Waals surface area contributed by atoms with Gasteiger partial charge in [-0.1, -0.05) is 0 Å². The lowest BCUT2D eigenvalue weighted by Crippen LogP contribution is -2.28. The number of nitrogen functional groups attached to an aromatic ring is 1. The first-order valence-corrected chi connectivity index (χ1v) is 6.23. The van der Waals surface area contributed by atoms with Crippen LogP contribution in [0.15, 0.2) is 18.2 Å². The predicted molar refractivity (Wildman–Crippen MR) is 75.7 cm³/mol. The van der Waals surface area contributed by atoms with E-state index in [4.69, 9.17) is 5.73 Å². The topological polar surface area (TPSA) is 116 Å². The highest BCUT2D eigenvalue weighted by Gasteiger charge is 2.18. The van der Waals surface area contributed by atoms with Crippen LogP contribution in [0.5, 0.6) is 0 Å². The van der Waals surface area contributed by atoms with Crippen molar-refractivity contribution in [3.05, 3.63) is 33.9 Å². The largest absolute Gasteiger partial charge is 0.469 e. The highest BCUT2D eigenvalue weighted by molar-refractivity contribution is 5.95. The highest BCUT2D eigenvalue weighted by Crippen LogP contribution is 2.22. The number of benzene rings is 1. The second-order valence-corrected chi connectivity index (χ2v) is 4.44. The smallest absolute Gasteiger partial charge is 0.305 e. The molecule has 0 radical (unpaired) electrons. The van der Waals surface area contributed by atoms with E-state index in [1.165, 1.54) is 24.1 Å². The van der Waals surface area contributed by atoms with Gasteiger partial charge >= 0.3 is 5.97 Å². The fourth-order valence-electron chi connectivity index (χ4n) is 1.72. The van der Waals surface area contributed by atoms with E-state index < -0.39 is 4.92 Å². The van der Waals surface area contributed by atoms with Gasteiger partial charge in [-0.2, -0.15) is 0 Å². The number of carbonyl (C=O) groups is 2. The molecule has 0 spiro atoms. The Kier molecular flexibility index (Phi) is 5.65. The average Bonchev–Trinajstić information content (AvgIpc) is 2.46. The van der Waals surface area contributed by atoms with Gasteiger partial charge in [-0.25, -0.2) is 0 Å². The van der Waals surface area contributed by atoms with Gasteiger partial charge in [0.1, 0.15) is 5.69 Å². The molecule has 8 nitrogen and oxygen atoms in total. The fourth-order valence-corrected chi connectivity index (χ4v) is 1.72. The summed E-state index contributed by atoms with van der Waals surface area (Å²) in [5.74, 6) is -0.720. The lowest BCUT2D eigenvalue weighted by atomic mass is 10.1. The van der Waals surface area contributed by atoms with Gasteiger partial charge in [0, 0.05) is 31.6 Å². The van der Waals surface area contributed by atoms with Crippen LogP contribution in [0.2, 0.25) is 0 Å². The number of nitro groups is 1. The molecule has 0 fully saturated rings. The minimum absolute atomic E-state index is 0.00453. The summed E-state index contributed by atoms with van der Waals surface area (Å²) in [6.07, 6.45) is 0.655. The first kappa shape index (κ1) is 16.4. The van der Waals surface area contributed by atoms with Crippen molar-refractivity contribution in [2.24, 2.45) is 0 Å². The lowest BCUT2D eigenvalue weighted by Gasteiger charge is -2.16. The third-order valence-corrected chi connectivity index (χ3v) is 2.92. The van der Waals surface area contributed by atoms with Crippen molar-refractivity contribution in [3.8, 4) is 0 Å². The second kappa shape index (κ2) is 7.22. The Bertz CT molecular complexity index is 559. The van der Waals surface area contributed by atoms with Crippen LogP contribution in [0.25, 0.3) is 0 Å². The maximum atomic E-state index is 12.1. The standard InChI is InChI=1S/C13H17N3O5/c1-15(7-3-4-12(17)21-2)13(18)9-5-6-10(14)11(8-9)16(19)20/h5-6,8H,3-4,7,14H2,1-2H3. The van der Waals surface area contributed by atoms with Crippen LogP contribution in [0.4, 0.5) is 11.4 Å². The number of anilines is 1. The number of esters is 1. The van der Waals surface area contributed by atoms with Crippen LogP contribution in [-0.2, 0) is 9.53 Å². The van der Waals surface area contributed by atoms with E-state index in [-0.39, 0.29) is 35.2 Å². The van der Waals surface area contributed by atoms with E-state index in [0.717, 1.165) is 6.07 Å². The molecule has 0 unspecified atom stereocenters. The van der Waals surface area contributed by atoms with Gasteiger partial charge in [-0.3, -0.25) is 19.7 Å². The molecule has 0 aliphatic rings.